The van der Waals surface area contributed by atoms with Gasteiger partial charge in [0.1, 0.15) is 5.75 Å². The molecule has 84 valence electrons. The van der Waals surface area contributed by atoms with Crippen LogP contribution in [0.15, 0.2) is 24.3 Å². The van der Waals surface area contributed by atoms with E-state index in [0.29, 0.717) is 11.7 Å². The molecule has 0 atom stereocenters. The van der Waals surface area contributed by atoms with Gasteiger partial charge in [-0.25, -0.2) is 0 Å². The van der Waals surface area contributed by atoms with E-state index in [-0.39, 0.29) is 12.4 Å². The molecule has 0 aliphatic carbocycles. The highest BCUT2D eigenvalue weighted by molar-refractivity contribution is 5.85. The Balaban J connectivity index is 0.00000112. The van der Waals surface area contributed by atoms with Gasteiger partial charge >= 0.3 is 0 Å². The molecule has 3 heteroatoms. The molecule has 1 fully saturated rings. The summed E-state index contributed by atoms with van der Waals surface area (Å²) < 4.78 is 0. The Labute approximate surface area is 97.3 Å². The molecule has 2 rings (SSSR count). The lowest BCUT2D eigenvalue weighted by Crippen LogP contribution is -2.29. The quantitative estimate of drug-likeness (QED) is 0.798. The molecule has 0 radical (unpaired) electrons. The molecule has 2 nitrogen and oxygen atoms in total. The summed E-state index contributed by atoms with van der Waals surface area (Å²) in [4.78, 5) is 2.36. The minimum Gasteiger partial charge on any atom is -0.508 e. The number of halogens is 1. The van der Waals surface area contributed by atoms with E-state index in [1.54, 1.807) is 6.07 Å². The minimum atomic E-state index is 0. The highest BCUT2D eigenvalue weighted by Crippen LogP contribution is 2.28. The second kappa shape index (κ2) is 5.38. The van der Waals surface area contributed by atoms with Crippen LogP contribution in [0.5, 0.6) is 5.75 Å². The summed E-state index contributed by atoms with van der Waals surface area (Å²) in [5.41, 5.74) is 1.29. The standard InChI is InChI=1S/C12H17NO.ClH/c1-13-7-5-10(6-8-13)11-3-2-4-12(14)9-11;/h2-4,9-10,14H,5-8H2,1H3;1H. The first-order valence-electron chi connectivity index (χ1n) is 5.23. The number of likely N-dealkylation sites (tertiary alicyclic amines) is 1. The van der Waals surface area contributed by atoms with Crippen LogP contribution in [0.3, 0.4) is 0 Å². The van der Waals surface area contributed by atoms with Crippen LogP contribution < -0.4 is 0 Å². The molecule has 0 aromatic heterocycles. The third-order valence-electron chi connectivity index (χ3n) is 3.06. The van der Waals surface area contributed by atoms with Crippen molar-refractivity contribution in [3.8, 4) is 5.75 Å². The molecule has 1 aromatic rings. The highest BCUT2D eigenvalue weighted by atomic mass is 35.5. The first kappa shape index (κ1) is 12.3. The second-order valence-corrected chi connectivity index (χ2v) is 4.17. The molecule has 1 N–H and O–H groups in total. The van der Waals surface area contributed by atoms with Gasteiger partial charge in [-0.1, -0.05) is 12.1 Å². The second-order valence-electron chi connectivity index (χ2n) is 4.17. The van der Waals surface area contributed by atoms with Crippen molar-refractivity contribution in [3.63, 3.8) is 0 Å². The molecule has 1 aliphatic rings. The number of phenolic OH excluding ortho intramolecular Hbond substituents is 1. The number of aromatic hydroxyl groups is 1. The predicted octanol–water partition coefficient (Wildman–Crippen LogP) is 2.62. The Morgan fingerprint density at radius 3 is 2.53 bits per heavy atom. The molecule has 1 saturated heterocycles. The lowest BCUT2D eigenvalue weighted by atomic mass is 9.89. The number of benzene rings is 1. The third kappa shape index (κ3) is 3.11. The fourth-order valence-corrected chi connectivity index (χ4v) is 2.12. The van der Waals surface area contributed by atoms with Gasteiger partial charge in [0, 0.05) is 0 Å². The van der Waals surface area contributed by atoms with Crippen molar-refractivity contribution in [2.75, 3.05) is 20.1 Å². The van der Waals surface area contributed by atoms with Gasteiger partial charge < -0.3 is 10.0 Å². The van der Waals surface area contributed by atoms with E-state index in [9.17, 15) is 5.11 Å². The fourth-order valence-electron chi connectivity index (χ4n) is 2.12. The topological polar surface area (TPSA) is 23.5 Å². The van der Waals surface area contributed by atoms with Crippen molar-refractivity contribution in [2.45, 2.75) is 18.8 Å². The van der Waals surface area contributed by atoms with Gasteiger partial charge in [0.2, 0.25) is 0 Å². The number of hydrogen-bond donors (Lipinski definition) is 1. The zero-order chi connectivity index (χ0) is 9.97. The van der Waals surface area contributed by atoms with Crippen LogP contribution in [-0.2, 0) is 0 Å². The van der Waals surface area contributed by atoms with Gasteiger partial charge in [0.15, 0.2) is 0 Å². The summed E-state index contributed by atoms with van der Waals surface area (Å²) >= 11 is 0. The van der Waals surface area contributed by atoms with E-state index in [4.69, 9.17) is 0 Å². The number of nitrogens with zero attached hydrogens (tertiary/aromatic N) is 1. The number of piperidine rings is 1. The van der Waals surface area contributed by atoms with Crippen molar-refractivity contribution in [1.29, 1.82) is 0 Å². The SMILES string of the molecule is CN1CCC(c2cccc(O)c2)CC1.Cl. The molecule has 0 saturated carbocycles. The maximum atomic E-state index is 9.39. The Morgan fingerprint density at radius 2 is 1.93 bits per heavy atom. The Bertz CT molecular complexity index is 308. The molecular weight excluding hydrogens is 210 g/mol. The van der Waals surface area contributed by atoms with Crippen LogP contribution in [0.25, 0.3) is 0 Å². The fraction of sp³-hybridized carbons (Fsp3) is 0.500. The van der Waals surface area contributed by atoms with Gasteiger partial charge in [0.25, 0.3) is 0 Å². The zero-order valence-electron chi connectivity index (χ0n) is 9.02. The molecule has 1 aromatic carbocycles. The average molecular weight is 228 g/mol. The van der Waals surface area contributed by atoms with Crippen molar-refractivity contribution in [1.82, 2.24) is 4.90 Å². The van der Waals surface area contributed by atoms with E-state index >= 15 is 0 Å². The molecule has 0 amide bonds. The van der Waals surface area contributed by atoms with Crippen molar-refractivity contribution < 1.29 is 5.11 Å². The summed E-state index contributed by atoms with van der Waals surface area (Å²) in [6, 6.07) is 7.69. The van der Waals surface area contributed by atoms with E-state index in [2.05, 4.69) is 18.0 Å². The summed E-state index contributed by atoms with van der Waals surface area (Å²) in [6.07, 6.45) is 2.42. The van der Waals surface area contributed by atoms with Gasteiger partial charge in [-0.3, -0.25) is 0 Å². The first-order valence-corrected chi connectivity index (χ1v) is 5.23. The summed E-state index contributed by atoms with van der Waals surface area (Å²) in [7, 11) is 2.17. The van der Waals surface area contributed by atoms with Gasteiger partial charge in [-0.05, 0) is 56.6 Å². The van der Waals surface area contributed by atoms with Gasteiger partial charge in [-0.15, -0.1) is 12.4 Å². The Hall–Kier alpha value is -0.730. The van der Waals surface area contributed by atoms with Crippen molar-refractivity contribution in [3.05, 3.63) is 29.8 Å². The molecule has 1 heterocycles. The van der Waals surface area contributed by atoms with Crippen LogP contribution in [0, 0.1) is 0 Å². The Kier molecular flexibility index (Phi) is 4.43. The largest absolute Gasteiger partial charge is 0.508 e. The molecular formula is C12H18ClNO. The molecule has 0 unspecified atom stereocenters. The number of phenols is 1. The Morgan fingerprint density at radius 1 is 1.27 bits per heavy atom. The number of hydrogen-bond acceptors (Lipinski definition) is 2. The molecule has 0 bridgehead atoms. The summed E-state index contributed by atoms with van der Waals surface area (Å²) in [5.74, 6) is 1.03. The van der Waals surface area contributed by atoms with Crippen LogP contribution in [0.4, 0.5) is 0 Å². The van der Waals surface area contributed by atoms with E-state index in [1.165, 1.54) is 31.5 Å². The molecule has 1 aliphatic heterocycles. The maximum Gasteiger partial charge on any atom is 0.115 e. The van der Waals surface area contributed by atoms with E-state index in [0.717, 1.165) is 0 Å². The lowest BCUT2D eigenvalue weighted by molar-refractivity contribution is 0.255. The van der Waals surface area contributed by atoms with Crippen molar-refractivity contribution >= 4 is 12.4 Å². The minimum absolute atomic E-state index is 0. The van der Waals surface area contributed by atoms with Gasteiger partial charge in [0.05, 0.1) is 0 Å². The average Bonchev–Trinajstić information content (AvgIpc) is 2.19. The van der Waals surface area contributed by atoms with Crippen LogP contribution in [-0.4, -0.2) is 30.1 Å². The van der Waals surface area contributed by atoms with Crippen LogP contribution in [0.1, 0.15) is 24.3 Å². The van der Waals surface area contributed by atoms with E-state index in [1.807, 2.05) is 12.1 Å². The van der Waals surface area contributed by atoms with Crippen LogP contribution in [0.2, 0.25) is 0 Å². The summed E-state index contributed by atoms with van der Waals surface area (Å²) in [6.45, 7) is 2.33. The third-order valence-corrected chi connectivity index (χ3v) is 3.06. The normalized spacial score (nSPS) is 18.5. The predicted molar refractivity (Wildman–Crippen MR) is 64.8 cm³/mol. The molecule has 15 heavy (non-hydrogen) atoms. The lowest BCUT2D eigenvalue weighted by Gasteiger charge is -2.29. The smallest absolute Gasteiger partial charge is 0.115 e. The van der Waals surface area contributed by atoms with Crippen LogP contribution >= 0.6 is 12.4 Å². The van der Waals surface area contributed by atoms with Gasteiger partial charge in [-0.2, -0.15) is 0 Å². The van der Waals surface area contributed by atoms with Crippen molar-refractivity contribution in [2.24, 2.45) is 0 Å². The zero-order valence-corrected chi connectivity index (χ0v) is 9.83. The number of rotatable bonds is 1. The summed E-state index contributed by atoms with van der Waals surface area (Å²) in [5, 5.41) is 9.39. The monoisotopic (exact) mass is 227 g/mol. The highest BCUT2D eigenvalue weighted by Gasteiger charge is 2.18. The maximum absolute atomic E-state index is 9.39. The van der Waals surface area contributed by atoms with E-state index < -0.39 is 0 Å². The molecule has 0 spiro atoms. The first-order chi connectivity index (χ1) is 6.75.